The molecule has 1 aliphatic rings. The predicted molar refractivity (Wildman–Crippen MR) is 90.6 cm³/mol. The van der Waals surface area contributed by atoms with E-state index in [4.69, 9.17) is 9.15 Å². The van der Waals surface area contributed by atoms with Crippen molar-refractivity contribution in [2.24, 2.45) is 0 Å². The summed E-state index contributed by atoms with van der Waals surface area (Å²) in [6, 6.07) is 9.62. The van der Waals surface area contributed by atoms with Crippen molar-refractivity contribution in [2.75, 3.05) is 20.2 Å². The molecule has 5 nitrogen and oxygen atoms in total. The summed E-state index contributed by atoms with van der Waals surface area (Å²) in [7, 11) is 1.39. The molecule has 0 aliphatic carbocycles. The number of benzene rings is 1. The molecule has 0 N–H and O–H groups in total. The monoisotopic (exact) mass is 327 g/mol. The number of carbonyl (C=O) groups excluding carboxylic acids is 1. The molecule has 0 spiro atoms. The molecule has 1 saturated heterocycles. The Morgan fingerprint density at radius 2 is 2.00 bits per heavy atom. The van der Waals surface area contributed by atoms with E-state index in [0.29, 0.717) is 13.1 Å². The second-order valence-electron chi connectivity index (χ2n) is 6.58. The van der Waals surface area contributed by atoms with Gasteiger partial charge in [0.1, 0.15) is 6.26 Å². The second kappa shape index (κ2) is 6.15. The number of hydrogen-bond donors (Lipinski definition) is 0. The zero-order valence-corrected chi connectivity index (χ0v) is 14.2. The maximum atomic E-state index is 12.6. The number of ether oxygens (including phenoxy) is 1. The van der Waals surface area contributed by atoms with E-state index < -0.39 is 0 Å². The van der Waals surface area contributed by atoms with Crippen LogP contribution in [0.3, 0.4) is 0 Å². The summed E-state index contributed by atoms with van der Waals surface area (Å²) in [6.07, 6.45) is 2.06. The van der Waals surface area contributed by atoms with Crippen molar-refractivity contribution < 1.29 is 13.9 Å². The number of hydrogen-bond acceptors (Lipinski definition) is 4. The van der Waals surface area contributed by atoms with Gasteiger partial charge in [0.05, 0.1) is 7.11 Å². The first-order valence-corrected chi connectivity index (χ1v) is 7.96. The van der Waals surface area contributed by atoms with Crippen molar-refractivity contribution >= 4 is 5.91 Å². The van der Waals surface area contributed by atoms with Crippen LogP contribution in [0.4, 0.5) is 0 Å². The minimum Gasteiger partial charge on any atom is -0.490 e. The number of nitrogens with zero attached hydrogens (tertiary/aromatic N) is 1. The molecule has 2 heterocycles. The third-order valence-corrected chi connectivity index (χ3v) is 4.74. The van der Waals surface area contributed by atoms with Crippen molar-refractivity contribution in [1.29, 1.82) is 0 Å². The second-order valence-corrected chi connectivity index (χ2v) is 6.58. The Labute approximate surface area is 140 Å². The summed E-state index contributed by atoms with van der Waals surface area (Å²) in [5.41, 5.74) is 2.00. The lowest BCUT2D eigenvalue weighted by atomic mass is 9.81. The normalized spacial score (nSPS) is 20.2. The molecule has 5 heteroatoms. The van der Waals surface area contributed by atoms with E-state index in [2.05, 4.69) is 38.1 Å². The van der Waals surface area contributed by atoms with Gasteiger partial charge in [-0.2, -0.15) is 0 Å². The first-order valence-electron chi connectivity index (χ1n) is 7.96. The Balaban J connectivity index is 1.79. The molecule has 1 amide bonds. The predicted octanol–water partition coefficient (Wildman–Crippen LogP) is 2.76. The SMILES string of the molecule is COc1coc(C(=O)N2CC[C@](C)(c3ccc(C)cc3)C2)cc1=O. The Morgan fingerprint density at radius 1 is 1.29 bits per heavy atom. The molecule has 1 aromatic carbocycles. The van der Waals surface area contributed by atoms with E-state index in [0.717, 1.165) is 6.42 Å². The molecule has 0 saturated carbocycles. The highest BCUT2D eigenvalue weighted by molar-refractivity contribution is 5.91. The van der Waals surface area contributed by atoms with Gasteiger partial charge in [0.2, 0.25) is 11.2 Å². The summed E-state index contributed by atoms with van der Waals surface area (Å²) in [5, 5.41) is 0. The first kappa shape index (κ1) is 16.3. The number of likely N-dealkylation sites (tertiary alicyclic amines) is 1. The van der Waals surface area contributed by atoms with Gasteiger partial charge in [0, 0.05) is 24.6 Å². The summed E-state index contributed by atoms with van der Waals surface area (Å²) in [6.45, 7) is 5.46. The van der Waals surface area contributed by atoms with Crippen LogP contribution in [0.5, 0.6) is 5.75 Å². The molecule has 0 radical (unpaired) electrons. The summed E-state index contributed by atoms with van der Waals surface area (Å²) in [5.74, 6) is -0.114. The van der Waals surface area contributed by atoms with Crippen LogP contribution < -0.4 is 10.2 Å². The molecule has 24 heavy (non-hydrogen) atoms. The van der Waals surface area contributed by atoms with E-state index in [1.165, 1.54) is 30.6 Å². The van der Waals surface area contributed by atoms with Crippen LogP contribution in [0.1, 0.15) is 35.0 Å². The standard InChI is InChI=1S/C19H21NO4/c1-13-4-6-14(7-5-13)19(2)8-9-20(12-19)18(22)16-10-15(21)17(23-3)11-24-16/h4-7,10-11H,8-9,12H2,1-3H3/t19-/m0/s1. The maximum Gasteiger partial charge on any atom is 0.289 e. The van der Waals surface area contributed by atoms with Crippen LogP contribution in [0, 0.1) is 6.92 Å². The number of methoxy groups -OCH3 is 1. The van der Waals surface area contributed by atoms with Crippen molar-refractivity contribution in [1.82, 2.24) is 4.90 Å². The van der Waals surface area contributed by atoms with Crippen molar-refractivity contribution in [3.8, 4) is 5.75 Å². The van der Waals surface area contributed by atoms with Crippen molar-refractivity contribution in [3.05, 3.63) is 63.7 Å². The van der Waals surface area contributed by atoms with Gasteiger partial charge in [-0.25, -0.2) is 0 Å². The third kappa shape index (κ3) is 2.94. The van der Waals surface area contributed by atoms with Gasteiger partial charge >= 0.3 is 0 Å². The van der Waals surface area contributed by atoms with E-state index in [9.17, 15) is 9.59 Å². The molecule has 126 valence electrons. The fourth-order valence-corrected chi connectivity index (χ4v) is 3.14. The van der Waals surface area contributed by atoms with Crippen molar-refractivity contribution in [2.45, 2.75) is 25.7 Å². The van der Waals surface area contributed by atoms with Gasteiger partial charge < -0.3 is 14.1 Å². The molecule has 0 unspecified atom stereocenters. The van der Waals surface area contributed by atoms with Gasteiger partial charge in [-0.3, -0.25) is 9.59 Å². The van der Waals surface area contributed by atoms with E-state index in [1.807, 2.05) is 0 Å². The molecule has 2 aromatic rings. The number of rotatable bonds is 3. The van der Waals surface area contributed by atoms with Crippen LogP contribution in [-0.2, 0) is 5.41 Å². The van der Waals surface area contributed by atoms with Crippen LogP contribution >= 0.6 is 0 Å². The molecule has 0 bridgehead atoms. The topological polar surface area (TPSA) is 59.8 Å². The highest BCUT2D eigenvalue weighted by Gasteiger charge is 2.38. The lowest BCUT2D eigenvalue weighted by Gasteiger charge is -2.25. The van der Waals surface area contributed by atoms with Gasteiger partial charge in [-0.1, -0.05) is 36.8 Å². The summed E-state index contributed by atoms with van der Waals surface area (Å²) < 4.78 is 10.2. The maximum absolute atomic E-state index is 12.6. The molecule has 1 aromatic heterocycles. The zero-order chi connectivity index (χ0) is 17.3. The summed E-state index contributed by atoms with van der Waals surface area (Å²) >= 11 is 0. The molecular weight excluding hydrogens is 306 g/mol. The molecule has 1 aliphatic heterocycles. The average Bonchev–Trinajstić information content (AvgIpc) is 2.98. The summed E-state index contributed by atoms with van der Waals surface area (Å²) in [4.78, 5) is 26.2. The first-order chi connectivity index (χ1) is 11.4. The Hall–Kier alpha value is -2.56. The van der Waals surface area contributed by atoms with Crippen LogP contribution in [0.2, 0.25) is 0 Å². The van der Waals surface area contributed by atoms with E-state index in [1.54, 1.807) is 4.90 Å². The van der Waals surface area contributed by atoms with Gasteiger partial charge in [-0.15, -0.1) is 0 Å². The molecule has 1 atom stereocenters. The van der Waals surface area contributed by atoms with Crippen molar-refractivity contribution in [3.63, 3.8) is 0 Å². The number of amides is 1. The quantitative estimate of drug-likeness (QED) is 0.870. The van der Waals surface area contributed by atoms with Crippen LogP contribution in [-0.4, -0.2) is 31.0 Å². The van der Waals surface area contributed by atoms with Crippen LogP contribution in [0.15, 0.2) is 45.8 Å². The molecular formula is C19H21NO4. The number of aryl methyl sites for hydroxylation is 1. The van der Waals surface area contributed by atoms with Gasteiger partial charge in [0.15, 0.2) is 5.76 Å². The Morgan fingerprint density at radius 3 is 2.62 bits per heavy atom. The lowest BCUT2D eigenvalue weighted by molar-refractivity contribution is 0.0749. The third-order valence-electron chi connectivity index (χ3n) is 4.74. The minimum atomic E-state index is -0.354. The number of carbonyl (C=O) groups is 1. The fourth-order valence-electron chi connectivity index (χ4n) is 3.14. The fraction of sp³-hybridized carbons (Fsp3) is 0.368. The highest BCUT2D eigenvalue weighted by Crippen LogP contribution is 2.34. The average molecular weight is 327 g/mol. The van der Waals surface area contributed by atoms with Crippen LogP contribution in [0.25, 0.3) is 0 Å². The smallest absolute Gasteiger partial charge is 0.289 e. The molecule has 1 fully saturated rings. The van der Waals surface area contributed by atoms with Gasteiger partial charge in [-0.05, 0) is 18.9 Å². The largest absolute Gasteiger partial charge is 0.490 e. The van der Waals surface area contributed by atoms with Gasteiger partial charge in [0.25, 0.3) is 5.91 Å². The van der Waals surface area contributed by atoms with E-state index in [-0.39, 0.29) is 28.3 Å². The van der Waals surface area contributed by atoms with E-state index >= 15 is 0 Å². The zero-order valence-electron chi connectivity index (χ0n) is 14.2. The Kier molecular flexibility index (Phi) is 4.18. The molecule has 3 rings (SSSR count). The Bertz CT molecular complexity index is 809. The highest BCUT2D eigenvalue weighted by atomic mass is 16.5. The minimum absolute atomic E-state index is 0.0500. The lowest BCUT2D eigenvalue weighted by Crippen LogP contribution is -2.33.